The molecule has 0 spiro atoms. The number of nitrogens with zero attached hydrogens (tertiary/aromatic N) is 2. The third-order valence-electron chi connectivity index (χ3n) is 3.14. The molecule has 0 fully saturated rings. The molecule has 3 nitrogen and oxygen atoms in total. The molecular weight excluding hydrogens is 332 g/mol. The number of nitrogen functional groups attached to an aromatic ring is 1. The lowest BCUT2D eigenvalue weighted by atomic mass is 10.1. The van der Waals surface area contributed by atoms with Crippen molar-refractivity contribution in [2.45, 2.75) is 13.3 Å². The van der Waals surface area contributed by atoms with Gasteiger partial charge in [0, 0.05) is 23.7 Å². The first-order chi connectivity index (χ1) is 9.16. The zero-order chi connectivity index (χ0) is 13.4. The van der Waals surface area contributed by atoms with Gasteiger partial charge in [0.05, 0.1) is 22.1 Å². The van der Waals surface area contributed by atoms with Gasteiger partial charge in [0.25, 0.3) is 0 Å². The molecular formula is C14H14Cl2FN3S. The Morgan fingerprint density at radius 1 is 1.24 bits per heavy atom. The number of aryl methyl sites for hydroxylation is 1. The Morgan fingerprint density at radius 2 is 2.00 bits per heavy atom. The van der Waals surface area contributed by atoms with Gasteiger partial charge < -0.3 is 5.73 Å². The summed E-state index contributed by atoms with van der Waals surface area (Å²) in [6.45, 7) is 2.00. The summed E-state index contributed by atoms with van der Waals surface area (Å²) in [5.41, 5.74) is 9.30. The molecule has 7 heteroatoms. The summed E-state index contributed by atoms with van der Waals surface area (Å²) < 4.78 is 14.6. The monoisotopic (exact) mass is 345 g/mol. The molecule has 0 aromatic carbocycles. The van der Waals surface area contributed by atoms with E-state index in [1.165, 1.54) is 6.20 Å². The van der Waals surface area contributed by atoms with Gasteiger partial charge in [-0.1, -0.05) is 0 Å². The number of nitrogens with two attached hydrogens (primary N) is 1. The maximum absolute atomic E-state index is 13.6. The molecule has 3 aromatic heterocycles. The topological polar surface area (TPSA) is 51.8 Å². The fourth-order valence-corrected chi connectivity index (χ4v) is 3.27. The van der Waals surface area contributed by atoms with E-state index in [4.69, 9.17) is 5.73 Å². The summed E-state index contributed by atoms with van der Waals surface area (Å²) in [4.78, 5) is 9.20. The quantitative estimate of drug-likeness (QED) is 0.758. The highest BCUT2D eigenvalue weighted by Gasteiger charge is 2.13. The second-order valence-corrected chi connectivity index (χ2v) is 5.48. The van der Waals surface area contributed by atoms with Crippen LogP contribution in [-0.4, -0.2) is 9.97 Å². The van der Waals surface area contributed by atoms with Gasteiger partial charge in [0.15, 0.2) is 0 Å². The number of pyridine rings is 2. The van der Waals surface area contributed by atoms with Crippen molar-refractivity contribution in [2.24, 2.45) is 0 Å². The summed E-state index contributed by atoms with van der Waals surface area (Å²) in [5, 5.41) is 0. The van der Waals surface area contributed by atoms with Crippen LogP contribution in [0.4, 0.5) is 10.1 Å². The predicted octanol–water partition coefficient (Wildman–Crippen LogP) is 4.16. The third-order valence-corrected chi connectivity index (χ3v) is 4.47. The number of rotatable bonds is 2. The highest BCUT2D eigenvalue weighted by Crippen LogP contribution is 2.34. The number of anilines is 1. The van der Waals surface area contributed by atoms with E-state index in [1.807, 2.05) is 6.92 Å². The zero-order valence-electron chi connectivity index (χ0n) is 11.2. The lowest BCUT2D eigenvalue weighted by Gasteiger charge is -2.01. The van der Waals surface area contributed by atoms with Crippen molar-refractivity contribution in [2.75, 3.05) is 5.73 Å². The van der Waals surface area contributed by atoms with Crippen molar-refractivity contribution in [3.63, 3.8) is 0 Å². The standard InChI is InChI=1S/C14H12FN3S.2ClH/c1-8-12(6-9-2-4-17-7-10(9)15)19-14-11(16)3-5-18-13(8)14;;/h2-5,7H,6H2,1H3,(H2,16,18);2*1H. The molecule has 112 valence electrons. The van der Waals surface area contributed by atoms with Crippen molar-refractivity contribution in [1.82, 2.24) is 9.97 Å². The first-order valence-corrected chi connectivity index (χ1v) is 6.69. The second-order valence-electron chi connectivity index (χ2n) is 4.37. The molecule has 21 heavy (non-hydrogen) atoms. The van der Waals surface area contributed by atoms with E-state index in [9.17, 15) is 4.39 Å². The average molecular weight is 346 g/mol. The van der Waals surface area contributed by atoms with Crippen LogP contribution < -0.4 is 5.73 Å². The highest BCUT2D eigenvalue weighted by molar-refractivity contribution is 7.19. The van der Waals surface area contributed by atoms with Crippen LogP contribution in [0.3, 0.4) is 0 Å². The molecule has 0 unspecified atom stereocenters. The van der Waals surface area contributed by atoms with E-state index >= 15 is 0 Å². The maximum Gasteiger partial charge on any atom is 0.145 e. The molecule has 0 bridgehead atoms. The lowest BCUT2D eigenvalue weighted by Crippen LogP contribution is -1.92. The Kier molecular flexibility index (Phi) is 5.89. The molecule has 3 aromatic rings. The van der Waals surface area contributed by atoms with Crippen LogP contribution in [0, 0.1) is 12.7 Å². The first-order valence-electron chi connectivity index (χ1n) is 5.87. The molecule has 3 rings (SSSR count). The molecule has 0 saturated heterocycles. The molecule has 0 aliphatic heterocycles. The lowest BCUT2D eigenvalue weighted by molar-refractivity contribution is 0.607. The molecule has 0 atom stereocenters. The molecule has 0 aliphatic carbocycles. The second kappa shape index (κ2) is 7.02. The Labute approximate surface area is 138 Å². The van der Waals surface area contributed by atoms with Crippen molar-refractivity contribution in [1.29, 1.82) is 0 Å². The normalized spacial score (nSPS) is 10.0. The van der Waals surface area contributed by atoms with E-state index < -0.39 is 0 Å². The molecule has 0 amide bonds. The van der Waals surface area contributed by atoms with E-state index in [2.05, 4.69) is 9.97 Å². The number of halogens is 3. The van der Waals surface area contributed by atoms with Crippen molar-refractivity contribution in [3.05, 3.63) is 52.5 Å². The Balaban J connectivity index is 0.00000110. The molecule has 3 heterocycles. The summed E-state index contributed by atoms with van der Waals surface area (Å²) in [6, 6.07) is 3.49. The Morgan fingerprint density at radius 3 is 2.67 bits per heavy atom. The predicted molar refractivity (Wildman–Crippen MR) is 90.3 cm³/mol. The van der Waals surface area contributed by atoms with Crippen LogP contribution in [0.1, 0.15) is 16.0 Å². The van der Waals surface area contributed by atoms with Gasteiger partial charge in [0.2, 0.25) is 0 Å². The fraction of sp³-hybridized carbons (Fsp3) is 0.143. The van der Waals surface area contributed by atoms with Crippen LogP contribution in [0.2, 0.25) is 0 Å². The van der Waals surface area contributed by atoms with Gasteiger partial charge in [-0.3, -0.25) is 9.97 Å². The van der Waals surface area contributed by atoms with Gasteiger partial charge in [0.1, 0.15) is 5.82 Å². The molecule has 0 radical (unpaired) electrons. The Bertz CT molecular complexity index is 761. The molecule has 0 aliphatic rings. The zero-order valence-corrected chi connectivity index (χ0v) is 13.6. The van der Waals surface area contributed by atoms with E-state index in [0.29, 0.717) is 12.0 Å². The summed E-state index contributed by atoms with van der Waals surface area (Å²) in [6.07, 6.45) is 5.09. The molecule has 2 N–H and O–H groups in total. The van der Waals surface area contributed by atoms with Gasteiger partial charge in [-0.25, -0.2) is 4.39 Å². The highest BCUT2D eigenvalue weighted by atomic mass is 35.5. The minimum Gasteiger partial charge on any atom is -0.397 e. The van der Waals surface area contributed by atoms with Crippen LogP contribution in [0.25, 0.3) is 10.2 Å². The maximum atomic E-state index is 13.6. The Hall–Kier alpha value is -1.43. The van der Waals surface area contributed by atoms with Crippen LogP contribution >= 0.6 is 36.2 Å². The third kappa shape index (κ3) is 3.26. The number of fused-ring (bicyclic) bond motifs is 1. The summed E-state index contributed by atoms with van der Waals surface area (Å²) in [5.74, 6) is -0.278. The number of aromatic nitrogens is 2. The van der Waals surface area contributed by atoms with Crippen molar-refractivity contribution >= 4 is 52.1 Å². The van der Waals surface area contributed by atoms with Crippen molar-refractivity contribution < 1.29 is 4.39 Å². The number of hydrogen-bond donors (Lipinski definition) is 1. The van der Waals surface area contributed by atoms with Gasteiger partial charge >= 0.3 is 0 Å². The van der Waals surface area contributed by atoms with Crippen LogP contribution in [0.5, 0.6) is 0 Å². The number of hydrogen-bond acceptors (Lipinski definition) is 4. The molecule has 0 saturated carbocycles. The minimum absolute atomic E-state index is 0. The summed E-state index contributed by atoms with van der Waals surface area (Å²) >= 11 is 1.58. The minimum atomic E-state index is -0.278. The van der Waals surface area contributed by atoms with E-state index in [0.717, 1.165) is 26.3 Å². The van der Waals surface area contributed by atoms with Gasteiger partial charge in [-0.15, -0.1) is 36.2 Å². The van der Waals surface area contributed by atoms with Crippen molar-refractivity contribution in [3.8, 4) is 0 Å². The fourth-order valence-electron chi connectivity index (χ4n) is 2.06. The smallest absolute Gasteiger partial charge is 0.145 e. The number of thiophene rings is 1. The van der Waals surface area contributed by atoms with Gasteiger partial charge in [-0.2, -0.15) is 0 Å². The largest absolute Gasteiger partial charge is 0.397 e. The van der Waals surface area contributed by atoms with Crippen LogP contribution in [0.15, 0.2) is 30.7 Å². The van der Waals surface area contributed by atoms with Gasteiger partial charge in [-0.05, 0) is 30.2 Å². The first kappa shape index (κ1) is 17.6. The van der Waals surface area contributed by atoms with Crippen LogP contribution in [-0.2, 0) is 6.42 Å². The van der Waals surface area contributed by atoms with E-state index in [-0.39, 0.29) is 30.6 Å². The average Bonchev–Trinajstić information content (AvgIpc) is 2.72. The van der Waals surface area contributed by atoms with E-state index in [1.54, 1.807) is 35.9 Å². The SMILES string of the molecule is Cc1c(Cc2ccncc2F)sc2c(N)ccnc12.Cl.Cl. The summed E-state index contributed by atoms with van der Waals surface area (Å²) in [7, 11) is 0.